The zero-order chi connectivity index (χ0) is 16.7. The first-order valence-electron chi connectivity index (χ1n) is 7.48. The van der Waals surface area contributed by atoms with E-state index in [0.717, 1.165) is 18.7 Å². The Morgan fingerprint density at radius 3 is 2.57 bits per heavy atom. The van der Waals surface area contributed by atoms with Gasteiger partial charge in [0.1, 0.15) is 0 Å². The van der Waals surface area contributed by atoms with Crippen molar-refractivity contribution in [1.82, 2.24) is 5.32 Å². The molecule has 0 saturated carbocycles. The smallest absolute Gasteiger partial charge is 0.261 e. The topological polar surface area (TPSA) is 61.4 Å². The number of hydrogen-bond acceptors (Lipinski definition) is 4. The minimum absolute atomic E-state index is 0.103. The molecule has 2 N–H and O–H groups in total. The fraction of sp³-hybridized carbons (Fsp3) is 0.294. The molecule has 1 heterocycles. The van der Waals surface area contributed by atoms with E-state index in [4.69, 9.17) is 0 Å². The minimum Gasteiger partial charge on any atom is -0.375 e. The van der Waals surface area contributed by atoms with E-state index in [1.807, 2.05) is 25.2 Å². The summed E-state index contributed by atoms with van der Waals surface area (Å²) in [6, 6.07) is 13.6. The molecule has 1 aromatic carbocycles. The molecule has 0 fully saturated rings. The Labute approximate surface area is 140 Å². The predicted octanol–water partition coefficient (Wildman–Crippen LogP) is 2.96. The molecule has 0 aliphatic rings. The van der Waals surface area contributed by atoms with Gasteiger partial charge in [-0.3, -0.25) is 9.59 Å². The summed E-state index contributed by atoms with van der Waals surface area (Å²) in [5, 5.41) is 6.26. The van der Waals surface area contributed by atoms with E-state index in [2.05, 4.69) is 27.7 Å². The van der Waals surface area contributed by atoms with Crippen LogP contribution in [0.5, 0.6) is 0 Å². The molecule has 122 valence electrons. The van der Waals surface area contributed by atoms with Crippen LogP contribution < -0.4 is 15.5 Å². The highest BCUT2D eigenvalue weighted by Gasteiger charge is 2.09. The maximum Gasteiger partial charge on any atom is 0.261 e. The summed E-state index contributed by atoms with van der Waals surface area (Å²) >= 11 is 1.28. The molecular weight excluding hydrogens is 310 g/mol. The first kappa shape index (κ1) is 17.0. The number of carbonyl (C=O) groups is 2. The maximum absolute atomic E-state index is 12.0. The standard InChI is InChI=1S/C17H21N3O2S/c1-13(21)19-16-10-9-15(23-16)17(22)18-11-6-12-20(2)14-7-4-3-5-8-14/h3-5,7-10H,6,11-12H2,1-2H3,(H,18,22)(H,19,21). The summed E-state index contributed by atoms with van der Waals surface area (Å²) in [6.07, 6.45) is 0.862. The summed E-state index contributed by atoms with van der Waals surface area (Å²) in [5.41, 5.74) is 1.16. The zero-order valence-electron chi connectivity index (χ0n) is 13.3. The molecule has 0 radical (unpaired) electrons. The number of para-hydroxylation sites is 1. The van der Waals surface area contributed by atoms with Crippen LogP contribution in [-0.4, -0.2) is 32.0 Å². The van der Waals surface area contributed by atoms with E-state index in [1.54, 1.807) is 12.1 Å². The second kappa shape index (κ2) is 8.33. The molecule has 2 aromatic rings. The molecule has 0 atom stereocenters. The van der Waals surface area contributed by atoms with Crippen LogP contribution in [0.2, 0.25) is 0 Å². The number of anilines is 2. The van der Waals surface area contributed by atoms with Crippen LogP contribution in [0.3, 0.4) is 0 Å². The number of hydrogen-bond donors (Lipinski definition) is 2. The van der Waals surface area contributed by atoms with E-state index in [9.17, 15) is 9.59 Å². The Balaban J connectivity index is 1.72. The van der Waals surface area contributed by atoms with E-state index >= 15 is 0 Å². The molecule has 0 aliphatic carbocycles. The lowest BCUT2D eigenvalue weighted by Crippen LogP contribution is -2.27. The molecule has 6 heteroatoms. The molecule has 5 nitrogen and oxygen atoms in total. The highest BCUT2D eigenvalue weighted by molar-refractivity contribution is 7.18. The lowest BCUT2D eigenvalue weighted by atomic mass is 10.3. The number of rotatable bonds is 7. The van der Waals surface area contributed by atoms with Crippen molar-refractivity contribution in [1.29, 1.82) is 0 Å². The van der Waals surface area contributed by atoms with Gasteiger partial charge in [-0.15, -0.1) is 11.3 Å². The molecule has 0 unspecified atom stereocenters. The molecule has 1 aromatic heterocycles. The quantitative estimate of drug-likeness (QED) is 0.767. The summed E-state index contributed by atoms with van der Waals surface area (Å²) in [4.78, 5) is 25.8. The first-order valence-corrected chi connectivity index (χ1v) is 8.29. The fourth-order valence-corrected chi connectivity index (χ4v) is 2.99. The first-order chi connectivity index (χ1) is 11.1. The van der Waals surface area contributed by atoms with Gasteiger partial charge in [-0.1, -0.05) is 18.2 Å². The molecule has 0 aliphatic heterocycles. The van der Waals surface area contributed by atoms with E-state index in [-0.39, 0.29) is 11.8 Å². The van der Waals surface area contributed by atoms with Gasteiger partial charge in [-0.2, -0.15) is 0 Å². The third-order valence-electron chi connectivity index (χ3n) is 3.28. The molecule has 2 rings (SSSR count). The Morgan fingerprint density at radius 2 is 1.87 bits per heavy atom. The molecule has 2 amide bonds. The molecule has 0 bridgehead atoms. The van der Waals surface area contributed by atoms with Gasteiger partial charge < -0.3 is 15.5 Å². The Bertz CT molecular complexity index is 655. The molecular formula is C17H21N3O2S. The average molecular weight is 331 g/mol. The summed E-state index contributed by atoms with van der Waals surface area (Å²) in [7, 11) is 2.04. The van der Waals surface area contributed by atoms with Gasteiger partial charge in [0.2, 0.25) is 5.91 Å². The number of carbonyl (C=O) groups excluding carboxylic acids is 2. The number of nitrogens with one attached hydrogen (secondary N) is 2. The number of benzene rings is 1. The SMILES string of the molecule is CC(=O)Nc1ccc(C(=O)NCCCN(C)c2ccccc2)s1. The van der Waals surface area contributed by atoms with Crippen LogP contribution in [-0.2, 0) is 4.79 Å². The van der Waals surface area contributed by atoms with Crippen LogP contribution >= 0.6 is 11.3 Å². The van der Waals surface area contributed by atoms with E-state index < -0.39 is 0 Å². The molecule has 0 saturated heterocycles. The highest BCUT2D eigenvalue weighted by atomic mass is 32.1. The van der Waals surface area contributed by atoms with Crippen molar-refractivity contribution in [3.63, 3.8) is 0 Å². The van der Waals surface area contributed by atoms with Crippen molar-refractivity contribution in [2.75, 3.05) is 30.4 Å². The lowest BCUT2D eigenvalue weighted by molar-refractivity contribution is -0.114. The van der Waals surface area contributed by atoms with Gasteiger partial charge in [0.05, 0.1) is 9.88 Å². The third kappa shape index (κ3) is 5.41. The largest absolute Gasteiger partial charge is 0.375 e. The van der Waals surface area contributed by atoms with E-state index in [1.165, 1.54) is 18.3 Å². The van der Waals surface area contributed by atoms with Crippen LogP contribution in [0, 0.1) is 0 Å². The van der Waals surface area contributed by atoms with Gasteiger partial charge in [-0.25, -0.2) is 0 Å². The third-order valence-corrected chi connectivity index (χ3v) is 4.28. The van der Waals surface area contributed by atoms with Gasteiger partial charge in [0, 0.05) is 32.7 Å². The second-order valence-corrected chi connectivity index (χ2v) is 6.30. The van der Waals surface area contributed by atoms with Crippen LogP contribution in [0.1, 0.15) is 23.0 Å². The Hall–Kier alpha value is -2.34. The zero-order valence-corrected chi connectivity index (χ0v) is 14.2. The van der Waals surface area contributed by atoms with Gasteiger partial charge in [0.25, 0.3) is 5.91 Å². The summed E-state index contributed by atoms with van der Waals surface area (Å²) < 4.78 is 0. The predicted molar refractivity (Wildman–Crippen MR) is 95.3 cm³/mol. The molecule has 0 spiro atoms. The van der Waals surface area contributed by atoms with Crippen molar-refractivity contribution in [3.8, 4) is 0 Å². The van der Waals surface area contributed by atoms with Gasteiger partial charge in [0.15, 0.2) is 0 Å². The Kier molecular flexibility index (Phi) is 6.17. The normalized spacial score (nSPS) is 10.2. The second-order valence-electron chi connectivity index (χ2n) is 5.21. The minimum atomic E-state index is -0.136. The molecule has 23 heavy (non-hydrogen) atoms. The summed E-state index contributed by atoms with van der Waals surface area (Å²) in [5.74, 6) is -0.239. The highest BCUT2D eigenvalue weighted by Crippen LogP contribution is 2.21. The lowest BCUT2D eigenvalue weighted by Gasteiger charge is -2.19. The monoisotopic (exact) mass is 331 g/mol. The number of nitrogens with zero attached hydrogens (tertiary/aromatic N) is 1. The van der Waals surface area contributed by atoms with Crippen LogP contribution in [0.4, 0.5) is 10.7 Å². The summed E-state index contributed by atoms with van der Waals surface area (Å²) in [6.45, 7) is 2.93. The van der Waals surface area contributed by atoms with Gasteiger partial charge >= 0.3 is 0 Å². The Morgan fingerprint density at radius 1 is 1.13 bits per heavy atom. The maximum atomic E-state index is 12.0. The fourth-order valence-electron chi connectivity index (χ4n) is 2.12. The van der Waals surface area contributed by atoms with Crippen molar-refractivity contribution >= 4 is 33.8 Å². The number of thiophene rings is 1. The van der Waals surface area contributed by atoms with E-state index in [0.29, 0.717) is 16.4 Å². The van der Waals surface area contributed by atoms with Crippen molar-refractivity contribution in [2.45, 2.75) is 13.3 Å². The van der Waals surface area contributed by atoms with Crippen molar-refractivity contribution < 1.29 is 9.59 Å². The van der Waals surface area contributed by atoms with Gasteiger partial charge in [-0.05, 0) is 30.7 Å². The van der Waals surface area contributed by atoms with Crippen LogP contribution in [0.15, 0.2) is 42.5 Å². The number of amides is 2. The van der Waals surface area contributed by atoms with Crippen molar-refractivity contribution in [2.24, 2.45) is 0 Å². The van der Waals surface area contributed by atoms with Crippen molar-refractivity contribution in [3.05, 3.63) is 47.3 Å². The van der Waals surface area contributed by atoms with Crippen LogP contribution in [0.25, 0.3) is 0 Å². The average Bonchev–Trinajstić information content (AvgIpc) is 2.99.